The van der Waals surface area contributed by atoms with Crippen LogP contribution in [0.5, 0.6) is 0 Å². The molecular weight excluding hydrogens is 418 g/mol. The fourth-order valence-electron chi connectivity index (χ4n) is 3.27. The summed E-state index contributed by atoms with van der Waals surface area (Å²) in [5.41, 5.74) is -0.487. The van der Waals surface area contributed by atoms with Crippen molar-refractivity contribution in [1.82, 2.24) is 19.5 Å². The predicted octanol–water partition coefficient (Wildman–Crippen LogP) is 3.28. The van der Waals surface area contributed by atoms with E-state index in [0.717, 1.165) is 23.1 Å². The van der Waals surface area contributed by atoms with Crippen LogP contribution >= 0.6 is 0 Å². The number of carbonyl (C=O) groups is 2. The van der Waals surface area contributed by atoms with Crippen LogP contribution in [0.4, 0.5) is 23.5 Å². The number of amides is 2. The van der Waals surface area contributed by atoms with Crippen LogP contribution in [0.3, 0.4) is 0 Å². The van der Waals surface area contributed by atoms with Crippen LogP contribution in [0, 0.1) is 0 Å². The van der Waals surface area contributed by atoms with Gasteiger partial charge in [0.1, 0.15) is 6.17 Å². The Morgan fingerprint density at radius 1 is 1.26 bits per heavy atom. The van der Waals surface area contributed by atoms with Crippen LogP contribution in [-0.2, 0) is 11.0 Å². The first-order chi connectivity index (χ1) is 14.6. The second-order valence-corrected chi connectivity index (χ2v) is 7.31. The maximum atomic E-state index is 13.6. The maximum Gasteiger partial charge on any atom is 0.416 e. The minimum absolute atomic E-state index is 0.00148. The third-order valence-corrected chi connectivity index (χ3v) is 4.94. The molecule has 0 aliphatic heterocycles. The molecule has 162 valence electrons. The third kappa shape index (κ3) is 4.35. The fourth-order valence-corrected chi connectivity index (χ4v) is 3.27. The number of halogens is 4. The number of carbonyl (C=O) groups excluding carboxylic acids is 2. The molecule has 0 radical (unpaired) electrons. The molecule has 2 unspecified atom stereocenters. The van der Waals surface area contributed by atoms with Crippen LogP contribution in [0.1, 0.15) is 33.8 Å². The number of hydrogen-bond donors (Lipinski definition) is 1. The lowest BCUT2D eigenvalue weighted by molar-refractivity contribution is -0.137. The topological polar surface area (TPSA) is 79.6 Å². The Morgan fingerprint density at radius 3 is 2.65 bits per heavy atom. The van der Waals surface area contributed by atoms with Gasteiger partial charge in [-0.15, -0.1) is 5.10 Å². The quantitative estimate of drug-likeness (QED) is 0.624. The van der Waals surface area contributed by atoms with Gasteiger partial charge in [-0.1, -0.05) is 6.07 Å². The summed E-state index contributed by atoms with van der Waals surface area (Å²) < 4.78 is 54.2. The van der Waals surface area contributed by atoms with E-state index >= 15 is 0 Å². The molecule has 2 amide bonds. The molecule has 0 spiro atoms. The molecule has 2 aromatic heterocycles. The van der Waals surface area contributed by atoms with E-state index in [-0.39, 0.29) is 23.5 Å². The number of hydrogen-bond acceptors (Lipinski definition) is 4. The lowest BCUT2D eigenvalue weighted by atomic mass is 9.98. The number of alkyl halides is 4. The molecule has 11 heteroatoms. The zero-order chi connectivity index (χ0) is 22.3. The van der Waals surface area contributed by atoms with Gasteiger partial charge in [0.05, 0.1) is 12.1 Å². The van der Waals surface area contributed by atoms with Gasteiger partial charge in [0.2, 0.25) is 11.9 Å². The first-order valence-electron chi connectivity index (χ1n) is 9.35. The number of likely N-dealkylation sites (N-methyl/N-ethyl adjacent to an activating group) is 1. The van der Waals surface area contributed by atoms with Gasteiger partial charge in [0, 0.05) is 24.7 Å². The number of benzene rings is 1. The Bertz CT molecular complexity index is 1130. The SMILES string of the molecule is CN(CC(=O)Nc1nc2ccccn2n1)C(=O)c1ccc(C(F)(F)F)cc1C1CC1F. The van der Waals surface area contributed by atoms with Crippen molar-refractivity contribution in [3.05, 3.63) is 59.3 Å². The minimum atomic E-state index is -4.61. The Kier molecular flexibility index (Phi) is 5.11. The largest absolute Gasteiger partial charge is 0.416 e. The number of nitrogens with zero attached hydrogens (tertiary/aromatic N) is 4. The Hall–Kier alpha value is -3.50. The summed E-state index contributed by atoms with van der Waals surface area (Å²) in [7, 11) is 1.33. The van der Waals surface area contributed by atoms with Crippen molar-refractivity contribution < 1.29 is 27.2 Å². The molecule has 2 atom stereocenters. The summed E-state index contributed by atoms with van der Waals surface area (Å²) >= 11 is 0. The average molecular weight is 435 g/mol. The lowest BCUT2D eigenvalue weighted by Gasteiger charge is -2.19. The molecular formula is C20H17F4N5O2. The van der Waals surface area contributed by atoms with E-state index in [1.807, 2.05) is 0 Å². The molecule has 1 saturated carbocycles. The number of fused-ring (bicyclic) bond motifs is 1. The van der Waals surface area contributed by atoms with Crippen LogP contribution in [0.2, 0.25) is 0 Å². The molecule has 1 aromatic carbocycles. The second-order valence-electron chi connectivity index (χ2n) is 7.31. The van der Waals surface area contributed by atoms with Crippen molar-refractivity contribution in [1.29, 1.82) is 0 Å². The van der Waals surface area contributed by atoms with Gasteiger partial charge in [-0.3, -0.25) is 14.9 Å². The van der Waals surface area contributed by atoms with Gasteiger partial charge in [0.25, 0.3) is 5.91 Å². The van der Waals surface area contributed by atoms with Crippen molar-refractivity contribution in [3.8, 4) is 0 Å². The highest BCUT2D eigenvalue weighted by Crippen LogP contribution is 2.46. The maximum absolute atomic E-state index is 13.6. The Balaban J connectivity index is 1.49. The van der Waals surface area contributed by atoms with E-state index in [4.69, 9.17) is 0 Å². The summed E-state index contributed by atoms with van der Waals surface area (Å²) in [6.07, 6.45) is -4.19. The van der Waals surface area contributed by atoms with Gasteiger partial charge in [-0.05, 0) is 42.3 Å². The summed E-state index contributed by atoms with van der Waals surface area (Å²) in [5.74, 6) is -1.98. The zero-order valence-corrected chi connectivity index (χ0v) is 16.2. The summed E-state index contributed by atoms with van der Waals surface area (Å²) in [6, 6.07) is 7.81. The molecule has 0 bridgehead atoms. The molecule has 7 nitrogen and oxygen atoms in total. The molecule has 4 rings (SSSR count). The first kappa shape index (κ1) is 20.8. The van der Waals surface area contributed by atoms with Gasteiger partial charge in [-0.25, -0.2) is 8.91 Å². The molecule has 2 heterocycles. The third-order valence-electron chi connectivity index (χ3n) is 4.94. The predicted molar refractivity (Wildman–Crippen MR) is 102 cm³/mol. The van der Waals surface area contributed by atoms with E-state index < -0.39 is 42.2 Å². The number of aromatic nitrogens is 3. The highest BCUT2D eigenvalue weighted by Gasteiger charge is 2.43. The minimum Gasteiger partial charge on any atom is -0.332 e. The van der Waals surface area contributed by atoms with Crippen LogP contribution in [0.15, 0.2) is 42.6 Å². The van der Waals surface area contributed by atoms with Gasteiger partial charge in [-0.2, -0.15) is 18.2 Å². The standard InChI is InChI=1S/C20H17F4N5O2/c1-28(10-17(30)26-19-25-16-4-2-3-7-29(16)27-19)18(31)12-6-5-11(20(22,23)24)8-13(12)14-9-15(14)21/h2-8,14-15H,9-10H2,1H3,(H,26,27,30). The zero-order valence-electron chi connectivity index (χ0n) is 16.2. The number of pyridine rings is 1. The van der Waals surface area contributed by atoms with E-state index in [1.54, 1.807) is 24.4 Å². The van der Waals surface area contributed by atoms with Gasteiger partial charge < -0.3 is 4.90 Å². The van der Waals surface area contributed by atoms with E-state index in [2.05, 4.69) is 15.4 Å². The van der Waals surface area contributed by atoms with E-state index in [9.17, 15) is 27.2 Å². The highest BCUT2D eigenvalue weighted by atomic mass is 19.4. The average Bonchev–Trinajstić information content (AvgIpc) is 3.29. The molecule has 31 heavy (non-hydrogen) atoms. The molecule has 0 saturated heterocycles. The second kappa shape index (κ2) is 7.64. The fraction of sp³-hybridized carbons (Fsp3) is 0.300. The number of anilines is 1. The van der Waals surface area contributed by atoms with Crippen LogP contribution in [0.25, 0.3) is 5.65 Å². The molecule has 1 aliphatic carbocycles. The van der Waals surface area contributed by atoms with Crippen molar-refractivity contribution in [2.45, 2.75) is 24.7 Å². The summed E-state index contributed by atoms with van der Waals surface area (Å²) in [4.78, 5) is 30.3. The lowest BCUT2D eigenvalue weighted by Crippen LogP contribution is -2.35. The number of rotatable bonds is 5. The van der Waals surface area contributed by atoms with Gasteiger partial charge in [0.15, 0.2) is 5.65 Å². The van der Waals surface area contributed by atoms with Crippen molar-refractivity contribution in [2.24, 2.45) is 0 Å². The molecule has 1 aliphatic rings. The van der Waals surface area contributed by atoms with Crippen molar-refractivity contribution >= 4 is 23.4 Å². The molecule has 1 N–H and O–H groups in total. The van der Waals surface area contributed by atoms with Crippen LogP contribution in [-0.4, -0.2) is 51.1 Å². The van der Waals surface area contributed by atoms with E-state index in [1.165, 1.54) is 11.6 Å². The molecule has 3 aromatic rings. The Morgan fingerprint density at radius 2 is 2.00 bits per heavy atom. The van der Waals surface area contributed by atoms with Crippen molar-refractivity contribution in [3.63, 3.8) is 0 Å². The first-order valence-corrected chi connectivity index (χ1v) is 9.35. The van der Waals surface area contributed by atoms with Gasteiger partial charge >= 0.3 is 6.18 Å². The number of nitrogens with one attached hydrogen (secondary N) is 1. The molecule has 1 fully saturated rings. The van der Waals surface area contributed by atoms with Crippen LogP contribution < -0.4 is 5.32 Å². The van der Waals surface area contributed by atoms with Crippen molar-refractivity contribution in [2.75, 3.05) is 18.9 Å². The smallest absolute Gasteiger partial charge is 0.332 e. The normalized spacial score (nSPS) is 18.1. The summed E-state index contributed by atoms with van der Waals surface area (Å²) in [5, 5.41) is 6.54. The Labute approximate surface area is 173 Å². The van der Waals surface area contributed by atoms with E-state index in [0.29, 0.717) is 5.65 Å². The summed E-state index contributed by atoms with van der Waals surface area (Å²) in [6.45, 7) is -0.390. The highest BCUT2D eigenvalue weighted by molar-refractivity contribution is 6.00. The monoisotopic (exact) mass is 435 g/mol.